The van der Waals surface area contributed by atoms with Gasteiger partial charge in [0.05, 0.1) is 22.9 Å². The fourth-order valence-corrected chi connectivity index (χ4v) is 2.36. The summed E-state index contributed by atoms with van der Waals surface area (Å²) in [4.78, 5) is 13.7. The molecule has 20 heavy (non-hydrogen) atoms. The van der Waals surface area contributed by atoms with Crippen LogP contribution in [0.5, 0.6) is 0 Å². The Balaban J connectivity index is 2.02. The average molecular weight is 358 g/mol. The lowest BCUT2D eigenvalue weighted by molar-refractivity contribution is 0.219. The Labute approximate surface area is 130 Å². The van der Waals surface area contributed by atoms with Gasteiger partial charge in [-0.3, -0.25) is 4.68 Å². The predicted octanol–water partition coefficient (Wildman–Crippen LogP) is 3.50. The van der Waals surface area contributed by atoms with Gasteiger partial charge in [0, 0.05) is 24.8 Å². The number of carbonyl (C=O) groups is 1. The number of hydrogen-bond acceptors (Lipinski definition) is 2. The summed E-state index contributed by atoms with van der Waals surface area (Å²) in [5, 5.41) is 7.49. The van der Waals surface area contributed by atoms with Gasteiger partial charge < -0.3 is 10.2 Å². The van der Waals surface area contributed by atoms with Crippen LogP contribution < -0.4 is 5.32 Å². The standard InChI is InChI=1S/C13H14BrClN4O/c1-18(8-12-11(14)7-16-19(12)2)13(20)17-10-5-3-4-9(15)6-10/h3-7H,8H2,1-2H3,(H,17,20). The third-order valence-corrected chi connectivity index (χ3v) is 3.72. The molecule has 2 rings (SSSR count). The first-order chi connectivity index (χ1) is 9.47. The molecule has 0 spiro atoms. The van der Waals surface area contributed by atoms with Crippen molar-refractivity contribution in [3.8, 4) is 0 Å². The number of aromatic nitrogens is 2. The van der Waals surface area contributed by atoms with Crippen molar-refractivity contribution in [2.24, 2.45) is 7.05 Å². The molecule has 0 aliphatic carbocycles. The van der Waals surface area contributed by atoms with E-state index < -0.39 is 0 Å². The monoisotopic (exact) mass is 356 g/mol. The van der Waals surface area contributed by atoms with Crippen molar-refractivity contribution in [3.05, 3.63) is 45.7 Å². The van der Waals surface area contributed by atoms with Crippen LogP contribution in [0.1, 0.15) is 5.69 Å². The van der Waals surface area contributed by atoms with E-state index in [0.717, 1.165) is 10.2 Å². The minimum atomic E-state index is -0.208. The van der Waals surface area contributed by atoms with E-state index in [1.54, 1.807) is 47.1 Å². The summed E-state index contributed by atoms with van der Waals surface area (Å²) in [5.41, 5.74) is 1.59. The maximum atomic E-state index is 12.1. The van der Waals surface area contributed by atoms with Gasteiger partial charge in [-0.15, -0.1) is 0 Å². The molecule has 1 heterocycles. The molecule has 0 saturated carbocycles. The first-order valence-corrected chi connectivity index (χ1v) is 7.08. The second kappa shape index (κ2) is 6.28. The molecule has 0 bridgehead atoms. The number of carbonyl (C=O) groups excluding carboxylic acids is 1. The fourth-order valence-electron chi connectivity index (χ4n) is 1.70. The van der Waals surface area contributed by atoms with Crippen LogP contribution in [0.25, 0.3) is 0 Å². The molecular formula is C13H14BrClN4O. The van der Waals surface area contributed by atoms with Gasteiger partial charge >= 0.3 is 6.03 Å². The van der Waals surface area contributed by atoms with Crippen molar-refractivity contribution < 1.29 is 4.79 Å². The molecule has 0 radical (unpaired) electrons. The highest BCUT2D eigenvalue weighted by Gasteiger charge is 2.14. The third-order valence-electron chi connectivity index (χ3n) is 2.82. The first-order valence-electron chi connectivity index (χ1n) is 5.91. The second-order valence-corrected chi connectivity index (χ2v) is 5.65. The maximum Gasteiger partial charge on any atom is 0.321 e. The molecule has 0 saturated heterocycles. The summed E-state index contributed by atoms with van der Waals surface area (Å²) in [5.74, 6) is 0. The van der Waals surface area contributed by atoms with Crippen LogP contribution in [0.4, 0.5) is 10.5 Å². The van der Waals surface area contributed by atoms with Gasteiger partial charge in [0.1, 0.15) is 0 Å². The zero-order chi connectivity index (χ0) is 14.7. The zero-order valence-corrected chi connectivity index (χ0v) is 13.4. The van der Waals surface area contributed by atoms with Gasteiger partial charge in [0.15, 0.2) is 0 Å². The van der Waals surface area contributed by atoms with Gasteiger partial charge in [0.2, 0.25) is 0 Å². The Morgan fingerprint density at radius 3 is 2.90 bits per heavy atom. The lowest BCUT2D eigenvalue weighted by atomic mass is 10.3. The summed E-state index contributed by atoms with van der Waals surface area (Å²) in [6.07, 6.45) is 1.71. The van der Waals surface area contributed by atoms with Gasteiger partial charge in [-0.2, -0.15) is 5.10 Å². The van der Waals surface area contributed by atoms with Crippen LogP contribution in [-0.2, 0) is 13.6 Å². The third kappa shape index (κ3) is 3.52. The summed E-state index contributed by atoms with van der Waals surface area (Å²) in [7, 11) is 3.56. The normalized spacial score (nSPS) is 10.4. The molecule has 0 aliphatic heterocycles. The number of halogens is 2. The average Bonchev–Trinajstić information content (AvgIpc) is 2.70. The molecular weight excluding hydrogens is 344 g/mol. The number of anilines is 1. The summed E-state index contributed by atoms with van der Waals surface area (Å²) < 4.78 is 2.61. The molecule has 2 amide bonds. The van der Waals surface area contributed by atoms with Crippen LogP contribution in [-0.4, -0.2) is 27.8 Å². The Bertz CT molecular complexity index is 609. The van der Waals surface area contributed by atoms with Crippen molar-refractivity contribution in [3.63, 3.8) is 0 Å². The number of nitrogens with zero attached hydrogens (tertiary/aromatic N) is 3. The minimum Gasteiger partial charge on any atom is -0.322 e. The Kier molecular flexibility index (Phi) is 4.67. The molecule has 1 aromatic carbocycles. The molecule has 2 aromatic rings. The summed E-state index contributed by atoms with van der Waals surface area (Å²) >= 11 is 9.29. The minimum absolute atomic E-state index is 0.208. The zero-order valence-electron chi connectivity index (χ0n) is 11.1. The Hall–Kier alpha value is -1.53. The molecule has 1 aromatic heterocycles. The molecule has 5 nitrogen and oxygen atoms in total. The van der Waals surface area contributed by atoms with Crippen LogP contribution in [0, 0.1) is 0 Å². The number of nitrogens with one attached hydrogen (secondary N) is 1. The van der Waals surface area contributed by atoms with Crippen molar-refractivity contribution >= 4 is 39.2 Å². The topological polar surface area (TPSA) is 50.2 Å². The highest BCUT2D eigenvalue weighted by molar-refractivity contribution is 9.10. The predicted molar refractivity (Wildman–Crippen MR) is 82.8 cm³/mol. The molecule has 0 unspecified atom stereocenters. The summed E-state index contributed by atoms with van der Waals surface area (Å²) in [6.45, 7) is 0.448. The second-order valence-electron chi connectivity index (χ2n) is 4.36. The van der Waals surface area contributed by atoms with E-state index in [2.05, 4.69) is 26.3 Å². The quantitative estimate of drug-likeness (QED) is 0.914. The highest BCUT2D eigenvalue weighted by Crippen LogP contribution is 2.18. The van der Waals surface area contributed by atoms with Crippen molar-refractivity contribution in [2.75, 3.05) is 12.4 Å². The Morgan fingerprint density at radius 2 is 2.30 bits per heavy atom. The molecule has 106 valence electrons. The lowest BCUT2D eigenvalue weighted by Gasteiger charge is -2.18. The Morgan fingerprint density at radius 1 is 1.55 bits per heavy atom. The van der Waals surface area contributed by atoms with Crippen molar-refractivity contribution in [1.82, 2.24) is 14.7 Å². The number of benzene rings is 1. The SMILES string of the molecule is CN(Cc1c(Br)cnn1C)C(=O)Nc1cccc(Cl)c1. The van der Waals surface area contributed by atoms with E-state index in [1.165, 1.54) is 0 Å². The van der Waals surface area contributed by atoms with E-state index in [1.807, 2.05) is 7.05 Å². The van der Waals surface area contributed by atoms with Crippen LogP contribution in [0.3, 0.4) is 0 Å². The van der Waals surface area contributed by atoms with Crippen LogP contribution in [0.2, 0.25) is 5.02 Å². The first kappa shape index (κ1) is 14.9. The number of hydrogen-bond donors (Lipinski definition) is 1. The molecule has 0 fully saturated rings. The van der Waals surface area contributed by atoms with E-state index in [9.17, 15) is 4.79 Å². The number of rotatable bonds is 3. The molecule has 0 atom stereocenters. The number of amides is 2. The largest absolute Gasteiger partial charge is 0.322 e. The van der Waals surface area contributed by atoms with Gasteiger partial charge in [-0.1, -0.05) is 17.7 Å². The van der Waals surface area contributed by atoms with E-state index >= 15 is 0 Å². The van der Waals surface area contributed by atoms with Gasteiger partial charge in [-0.05, 0) is 34.1 Å². The molecule has 1 N–H and O–H groups in total. The van der Waals surface area contributed by atoms with Crippen molar-refractivity contribution in [1.29, 1.82) is 0 Å². The van der Waals surface area contributed by atoms with E-state index in [4.69, 9.17) is 11.6 Å². The van der Waals surface area contributed by atoms with Gasteiger partial charge in [0.25, 0.3) is 0 Å². The van der Waals surface area contributed by atoms with Crippen LogP contribution >= 0.6 is 27.5 Å². The van der Waals surface area contributed by atoms with Crippen LogP contribution in [0.15, 0.2) is 34.9 Å². The fraction of sp³-hybridized carbons (Fsp3) is 0.231. The van der Waals surface area contributed by atoms with E-state index in [-0.39, 0.29) is 6.03 Å². The number of aryl methyl sites for hydroxylation is 1. The van der Waals surface area contributed by atoms with Gasteiger partial charge in [-0.25, -0.2) is 4.79 Å². The highest BCUT2D eigenvalue weighted by atomic mass is 79.9. The van der Waals surface area contributed by atoms with Crippen molar-refractivity contribution in [2.45, 2.75) is 6.54 Å². The summed E-state index contributed by atoms with van der Waals surface area (Å²) in [6, 6.07) is 6.83. The maximum absolute atomic E-state index is 12.1. The lowest BCUT2D eigenvalue weighted by Crippen LogP contribution is -2.31. The number of urea groups is 1. The van der Waals surface area contributed by atoms with E-state index in [0.29, 0.717) is 17.3 Å². The molecule has 0 aliphatic rings. The smallest absolute Gasteiger partial charge is 0.321 e. The molecule has 7 heteroatoms.